The summed E-state index contributed by atoms with van der Waals surface area (Å²) in [5.41, 5.74) is 2.44. The van der Waals surface area contributed by atoms with Crippen LogP contribution in [0.3, 0.4) is 0 Å². The number of hydrogen-bond acceptors (Lipinski definition) is 5. The second-order valence-electron chi connectivity index (χ2n) is 8.68. The molecule has 1 aliphatic heterocycles. The fourth-order valence-corrected chi connectivity index (χ4v) is 4.52. The van der Waals surface area contributed by atoms with Gasteiger partial charge < -0.3 is 24.8 Å². The van der Waals surface area contributed by atoms with Crippen molar-refractivity contribution in [2.45, 2.75) is 37.5 Å². The number of methoxy groups -OCH3 is 1. The van der Waals surface area contributed by atoms with Crippen LogP contribution < -0.4 is 15.4 Å². The maximum absolute atomic E-state index is 11.7. The third kappa shape index (κ3) is 7.18. The Balaban J connectivity index is 0.00000342. The first kappa shape index (κ1) is 27.0. The van der Waals surface area contributed by atoms with E-state index in [1.807, 2.05) is 24.3 Å². The first-order chi connectivity index (χ1) is 16.7. The van der Waals surface area contributed by atoms with E-state index in [4.69, 9.17) is 14.2 Å². The molecule has 1 unspecified atom stereocenters. The smallest absolute Gasteiger partial charge is 0.233 e. The number of ether oxygens (including phenoxy) is 3. The maximum Gasteiger partial charge on any atom is 0.233 e. The Labute approximate surface area is 213 Å². The molecule has 1 aliphatic rings. The molecule has 3 aromatic carbocycles. The molecule has 0 saturated carbocycles. The number of amides is 1. The third-order valence-electron chi connectivity index (χ3n) is 6.45. The molecule has 2 N–H and O–H groups in total. The lowest BCUT2D eigenvalue weighted by atomic mass is 9.94. The highest BCUT2D eigenvalue weighted by atomic mass is 35.5. The number of carbonyl (C=O) groups is 1. The van der Waals surface area contributed by atoms with Gasteiger partial charge in [0.1, 0.15) is 5.75 Å². The third-order valence-corrected chi connectivity index (χ3v) is 6.45. The fraction of sp³-hybridized carbons (Fsp3) is 0.393. The summed E-state index contributed by atoms with van der Waals surface area (Å²) in [6, 6.07) is 22.9. The molecule has 0 aromatic heterocycles. The number of benzene rings is 3. The molecule has 3 aromatic rings. The Bertz CT molecular complexity index is 1070. The van der Waals surface area contributed by atoms with Crippen molar-refractivity contribution in [3.8, 4) is 5.75 Å². The van der Waals surface area contributed by atoms with E-state index < -0.39 is 0 Å². The molecule has 1 saturated heterocycles. The Morgan fingerprint density at radius 2 is 1.83 bits per heavy atom. The summed E-state index contributed by atoms with van der Waals surface area (Å²) in [5.74, 6) is 1.05. The lowest BCUT2D eigenvalue weighted by molar-refractivity contribution is -0.190. The number of nitrogens with one attached hydrogen (secondary N) is 2. The predicted octanol–water partition coefficient (Wildman–Crippen LogP) is 4.97. The van der Waals surface area contributed by atoms with E-state index in [-0.39, 0.29) is 36.6 Å². The molecular weight excluding hydrogens is 464 g/mol. The van der Waals surface area contributed by atoms with E-state index in [2.05, 4.69) is 53.1 Å². The number of halogens is 1. The van der Waals surface area contributed by atoms with Gasteiger partial charge in [0, 0.05) is 19.0 Å². The van der Waals surface area contributed by atoms with Crippen LogP contribution in [0.4, 0.5) is 0 Å². The minimum Gasteiger partial charge on any atom is -0.497 e. The van der Waals surface area contributed by atoms with Crippen molar-refractivity contribution in [2.24, 2.45) is 0 Å². The molecule has 4 rings (SSSR count). The molecule has 1 amide bonds. The van der Waals surface area contributed by atoms with Crippen LogP contribution in [0.5, 0.6) is 5.75 Å². The summed E-state index contributed by atoms with van der Waals surface area (Å²) in [5, 5.41) is 8.42. The summed E-state index contributed by atoms with van der Waals surface area (Å²) in [6.07, 6.45) is 2.47. The molecule has 0 radical (unpaired) electrons. The maximum atomic E-state index is 11.7. The SMILES string of the molecule is CNC(=O)CNC(CCCC1OCC(c2cccc3cc(OC)ccc23)CO1)c1ccccc1.Cl. The second kappa shape index (κ2) is 13.4. The van der Waals surface area contributed by atoms with Crippen molar-refractivity contribution >= 4 is 29.1 Å². The largest absolute Gasteiger partial charge is 0.497 e. The molecule has 1 heterocycles. The number of rotatable bonds is 10. The van der Waals surface area contributed by atoms with Gasteiger partial charge in [-0.2, -0.15) is 0 Å². The first-order valence-electron chi connectivity index (χ1n) is 12.0. The highest BCUT2D eigenvalue weighted by molar-refractivity contribution is 5.87. The zero-order valence-electron chi connectivity index (χ0n) is 20.4. The number of carbonyl (C=O) groups excluding carboxylic acids is 1. The Morgan fingerprint density at radius 3 is 2.54 bits per heavy atom. The van der Waals surface area contributed by atoms with Crippen LogP contribution in [0, 0.1) is 0 Å². The summed E-state index contributed by atoms with van der Waals surface area (Å²) in [7, 11) is 3.34. The van der Waals surface area contributed by atoms with Crippen molar-refractivity contribution in [2.75, 3.05) is 33.9 Å². The lowest BCUT2D eigenvalue weighted by Crippen LogP contribution is -2.34. The van der Waals surface area contributed by atoms with Crippen molar-refractivity contribution in [1.82, 2.24) is 10.6 Å². The Hall–Kier alpha value is -2.64. The summed E-state index contributed by atoms with van der Waals surface area (Å²) >= 11 is 0. The molecule has 6 nitrogen and oxygen atoms in total. The number of hydrogen-bond donors (Lipinski definition) is 2. The van der Waals surface area contributed by atoms with Crippen LogP contribution in [0.15, 0.2) is 66.7 Å². The first-order valence-corrected chi connectivity index (χ1v) is 12.0. The van der Waals surface area contributed by atoms with Gasteiger partial charge >= 0.3 is 0 Å². The fourth-order valence-electron chi connectivity index (χ4n) is 4.52. The standard InChI is InChI=1S/C28H34N2O4.ClH/c1-29-27(31)17-30-26(20-8-4-3-5-9-20)12-7-13-28-33-18-22(19-34-28)24-11-6-10-21-16-23(32-2)14-15-25(21)24;/h3-6,8-11,14-16,22,26,28,30H,7,12-13,17-19H2,1-2H3,(H,29,31);1H. The predicted molar refractivity (Wildman–Crippen MR) is 141 cm³/mol. The second-order valence-corrected chi connectivity index (χ2v) is 8.68. The normalized spacial score (nSPS) is 18.5. The molecule has 1 fully saturated rings. The Morgan fingerprint density at radius 1 is 1.06 bits per heavy atom. The Kier molecular flexibility index (Phi) is 10.4. The molecule has 35 heavy (non-hydrogen) atoms. The van der Waals surface area contributed by atoms with Crippen molar-refractivity contribution in [3.05, 3.63) is 77.9 Å². The van der Waals surface area contributed by atoms with Gasteiger partial charge in [-0.25, -0.2) is 0 Å². The molecule has 0 bridgehead atoms. The number of fused-ring (bicyclic) bond motifs is 1. The summed E-state index contributed by atoms with van der Waals surface area (Å²) < 4.78 is 17.6. The number of likely N-dealkylation sites (N-methyl/N-ethyl adjacent to an activating group) is 1. The van der Waals surface area contributed by atoms with Gasteiger partial charge in [-0.3, -0.25) is 4.79 Å². The summed E-state index contributed by atoms with van der Waals surface area (Å²) in [6.45, 7) is 1.59. The average molecular weight is 499 g/mol. The van der Waals surface area contributed by atoms with Gasteiger partial charge in [-0.05, 0) is 53.3 Å². The van der Waals surface area contributed by atoms with E-state index >= 15 is 0 Å². The lowest BCUT2D eigenvalue weighted by Gasteiger charge is -2.30. The van der Waals surface area contributed by atoms with Crippen LogP contribution in [-0.4, -0.2) is 46.1 Å². The van der Waals surface area contributed by atoms with Gasteiger partial charge in [0.2, 0.25) is 5.91 Å². The highest BCUT2D eigenvalue weighted by Gasteiger charge is 2.25. The molecule has 0 spiro atoms. The van der Waals surface area contributed by atoms with Gasteiger partial charge in [-0.1, -0.05) is 54.6 Å². The highest BCUT2D eigenvalue weighted by Crippen LogP contribution is 2.32. The molecule has 0 aliphatic carbocycles. The average Bonchev–Trinajstić information content (AvgIpc) is 2.90. The van der Waals surface area contributed by atoms with Gasteiger partial charge in [0.05, 0.1) is 26.9 Å². The minimum absolute atomic E-state index is 0. The molecular formula is C28H35ClN2O4. The van der Waals surface area contributed by atoms with Gasteiger partial charge in [0.15, 0.2) is 6.29 Å². The van der Waals surface area contributed by atoms with Gasteiger partial charge in [0.25, 0.3) is 0 Å². The minimum atomic E-state index is -0.193. The molecule has 1 atom stereocenters. The topological polar surface area (TPSA) is 68.8 Å². The monoisotopic (exact) mass is 498 g/mol. The van der Waals surface area contributed by atoms with E-state index in [0.29, 0.717) is 19.8 Å². The van der Waals surface area contributed by atoms with Crippen LogP contribution in [0.25, 0.3) is 10.8 Å². The van der Waals surface area contributed by atoms with E-state index in [9.17, 15) is 4.79 Å². The van der Waals surface area contributed by atoms with E-state index in [0.717, 1.165) is 30.4 Å². The van der Waals surface area contributed by atoms with Crippen LogP contribution in [0.2, 0.25) is 0 Å². The molecule has 188 valence electrons. The zero-order chi connectivity index (χ0) is 23.8. The van der Waals surface area contributed by atoms with Crippen molar-refractivity contribution < 1.29 is 19.0 Å². The van der Waals surface area contributed by atoms with E-state index in [1.165, 1.54) is 16.5 Å². The quantitative estimate of drug-likeness (QED) is 0.413. The van der Waals surface area contributed by atoms with Crippen molar-refractivity contribution in [1.29, 1.82) is 0 Å². The van der Waals surface area contributed by atoms with E-state index in [1.54, 1.807) is 14.2 Å². The van der Waals surface area contributed by atoms with Crippen LogP contribution >= 0.6 is 12.4 Å². The zero-order valence-corrected chi connectivity index (χ0v) is 21.2. The van der Waals surface area contributed by atoms with Crippen LogP contribution in [-0.2, 0) is 14.3 Å². The van der Waals surface area contributed by atoms with Crippen LogP contribution in [0.1, 0.15) is 42.3 Å². The van der Waals surface area contributed by atoms with Crippen molar-refractivity contribution in [3.63, 3.8) is 0 Å². The summed E-state index contributed by atoms with van der Waals surface area (Å²) in [4.78, 5) is 11.7. The van der Waals surface area contributed by atoms with Gasteiger partial charge in [-0.15, -0.1) is 12.4 Å². The molecule has 7 heteroatoms.